The number of nitrogens with two attached hydrogens (primary N) is 1. The normalized spacial score (nSPS) is 21.4. The van der Waals surface area contributed by atoms with Crippen LogP contribution in [-0.2, 0) is 20.0 Å². The summed E-state index contributed by atoms with van der Waals surface area (Å²) in [6, 6.07) is 4.11. The summed E-state index contributed by atoms with van der Waals surface area (Å²) in [4.78, 5) is -0.133. The van der Waals surface area contributed by atoms with Crippen LogP contribution in [0.4, 0.5) is 0 Å². The van der Waals surface area contributed by atoms with Crippen molar-refractivity contribution in [3.63, 3.8) is 0 Å². The van der Waals surface area contributed by atoms with Gasteiger partial charge in [0.1, 0.15) is 4.90 Å². The molecule has 2 N–H and O–H groups in total. The largest absolute Gasteiger partial charge is 0.244 e. The molecule has 1 aliphatic rings. The third-order valence-corrected chi connectivity index (χ3v) is 7.21. The fourth-order valence-electron chi connectivity index (χ4n) is 2.21. The number of nitrogens with zero attached hydrogens (tertiary/aromatic N) is 1. The molecule has 21 heavy (non-hydrogen) atoms. The molecule has 0 aromatic heterocycles. The van der Waals surface area contributed by atoms with Crippen LogP contribution in [-0.4, -0.2) is 39.5 Å². The Bertz CT molecular complexity index is 749. The monoisotopic (exact) mass is 372 g/mol. The molecule has 1 unspecified atom stereocenters. The fourth-order valence-corrected chi connectivity index (χ4v) is 5.44. The van der Waals surface area contributed by atoms with Crippen LogP contribution in [0, 0.1) is 0 Å². The number of rotatable bonds is 3. The van der Waals surface area contributed by atoms with Gasteiger partial charge in [-0.2, -0.15) is 4.31 Å². The van der Waals surface area contributed by atoms with Crippen molar-refractivity contribution in [1.82, 2.24) is 4.31 Å². The van der Waals surface area contributed by atoms with Gasteiger partial charge in [-0.25, -0.2) is 22.0 Å². The minimum Gasteiger partial charge on any atom is -0.228 e. The second-order valence-corrected chi connectivity index (χ2v) is 9.39. The molecule has 0 amide bonds. The Hall–Kier alpha value is -0.380. The van der Waals surface area contributed by atoms with Crippen molar-refractivity contribution in [2.75, 3.05) is 13.1 Å². The first-order valence-electron chi connectivity index (χ1n) is 6.09. The van der Waals surface area contributed by atoms with E-state index in [0.717, 1.165) is 4.31 Å². The van der Waals surface area contributed by atoms with Gasteiger partial charge in [0.2, 0.25) is 20.0 Å². The van der Waals surface area contributed by atoms with Crippen LogP contribution in [0.15, 0.2) is 23.1 Å². The van der Waals surface area contributed by atoms with Gasteiger partial charge in [0.05, 0.1) is 10.3 Å². The third-order valence-electron chi connectivity index (χ3n) is 3.32. The molecule has 1 aromatic carbocycles. The highest BCUT2D eigenvalue weighted by Gasteiger charge is 2.35. The predicted molar refractivity (Wildman–Crippen MR) is 81.4 cm³/mol. The summed E-state index contributed by atoms with van der Waals surface area (Å²) >= 11 is 11.7. The molecule has 0 saturated carbocycles. The molecule has 1 atom stereocenters. The van der Waals surface area contributed by atoms with Crippen LogP contribution in [0.2, 0.25) is 10.0 Å². The Kier molecular flexibility index (Phi) is 4.87. The van der Waals surface area contributed by atoms with Crippen LogP contribution < -0.4 is 5.14 Å². The van der Waals surface area contributed by atoms with E-state index < -0.39 is 25.3 Å². The predicted octanol–water partition coefficient (Wildman–Crippen LogP) is 1.44. The van der Waals surface area contributed by atoms with Gasteiger partial charge < -0.3 is 0 Å². The van der Waals surface area contributed by atoms with E-state index in [1.54, 1.807) is 0 Å². The molecule has 1 aromatic rings. The van der Waals surface area contributed by atoms with E-state index in [4.69, 9.17) is 28.3 Å². The molecule has 0 aliphatic carbocycles. The van der Waals surface area contributed by atoms with E-state index in [-0.39, 0.29) is 28.0 Å². The van der Waals surface area contributed by atoms with Crippen LogP contribution in [0.1, 0.15) is 12.8 Å². The number of piperidine rings is 1. The van der Waals surface area contributed by atoms with Gasteiger partial charge in [0.25, 0.3) is 0 Å². The zero-order chi connectivity index (χ0) is 15.8. The molecule has 1 heterocycles. The Balaban J connectivity index is 2.38. The highest BCUT2D eigenvalue weighted by molar-refractivity contribution is 7.90. The average molecular weight is 373 g/mol. The number of benzene rings is 1. The number of primary sulfonamides is 1. The molecular formula is C11H14Cl2N2O4S2. The van der Waals surface area contributed by atoms with Gasteiger partial charge >= 0.3 is 0 Å². The smallest absolute Gasteiger partial charge is 0.228 e. The lowest BCUT2D eigenvalue weighted by molar-refractivity contribution is 0.346. The molecule has 1 saturated heterocycles. The molecule has 10 heteroatoms. The Morgan fingerprint density at radius 3 is 2.48 bits per heavy atom. The minimum absolute atomic E-state index is 0.0390. The highest BCUT2D eigenvalue weighted by Crippen LogP contribution is 2.29. The average Bonchev–Trinajstić information content (AvgIpc) is 2.40. The first-order chi connectivity index (χ1) is 9.62. The molecule has 1 fully saturated rings. The molecule has 0 spiro atoms. The van der Waals surface area contributed by atoms with Gasteiger partial charge in [-0.15, -0.1) is 0 Å². The first-order valence-corrected chi connectivity index (χ1v) is 9.90. The topological polar surface area (TPSA) is 97.5 Å². The lowest BCUT2D eigenvalue weighted by atomic mass is 10.2. The standard InChI is InChI=1S/C11H14Cl2N2O4S2/c12-8-3-4-10(13)11(6-8)21(18,19)15-5-1-2-9(7-15)20(14,16)17/h3-4,6,9H,1-2,5,7H2,(H2,14,16,17). The van der Waals surface area contributed by atoms with Gasteiger partial charge in [0.15, 0.2) is 0 Å². The van der Waals surface area contributed by atoms with Crippen molar-refractivity contribution in [2.45, 2.75) is 23.0 Å². The van der Waals surface area contributed by atoms with E-state index >= 15 is 0 Å². The summed E-state index contributed by atoms with van der Waals surface area (Å²) < 4.78 is 49.1. The molecule has 118 valence electrons. The van der Waals surface area contributed by atoms with Crippen LogP contribution in [0.3, 0.4) is 0 Å². The highest BCUT2D eigenvalue weighted by atomic mass is 35.5. The van der Waals surface area contributed by atoms with Crippen molar-refractivity contribution < 1.29 is 16.8 Å². The lowest BCUT2D eigenvalue weighted by Crippen LogP contribution is -2.47. The maximum Gasteiger partial charge on any atom is 0.244 e. The zero-order valence-electron chi connectivity index (χ0n) is 10.9. The van der Waals surface area contributed by atoms with Gasteiger partial charge in [0, 0.05) is 18.1 Å². The van der Waals surface area contributed by atoms with Crippen molar-refractivity contribution in [2.24, 2.45) is 5.14 Å². The number of hydrogen-bond acceptors (Lipinski definition) is 4. The summed E-state index contributed by atoms with van der Waals surface area (Å²) in [5.41, 5.74) is 0. The maximum absolute atomic E-state index is 12.6. The van der Waals surface area contributed by atoms with E-state index in [9.17, 15) is 16.8 Å². The quantitative estimate of drug-likeness (QED) is 0.867. The zero-order valence-corrected chi connectivity index (χ0v) is 14.0. The molecule has 1 aliphatic heterocycles. The van der Waals surface area contributed by atoms with Crippen LogP contribution in [0.5, 0.6) is 0 Å². The van der Waals surface area contributed by atoms with E-state index in [2.05, 4.69) is 0 Å². The second-order valence-electron chi connectivity index (χ2n) is 4.79. The number of hydrogen-bond donors (Lipinski definition) is 1. The van der Waals surface area contributed by atoms with Crippen molar-refractivity contribution in [3.8, 4) is 0 Å². The molecule has 6 nitrogen and oxygen atoms in total. The summed E-state index contributed by atoms with van der Waals surface area (Å²) in [7, 11) is -7.70. The van der Waals surface area contributed by atoms with Crippen LogP contribution in [0.25, 0.3) is 0 Å². The van der Waals surface area contributed by atoms with E-state index in [1.165, 1.54) is 18.2 Å². The Morgan fingerprint density at radius 2 is 1.86 bits per heavy atom. The molecule has 0 radical (unpaired) electrons. The molecule has 0 bridgehead atoms. The summed E-state index contributed by atoms with van der Waals surface area (Å²) in [5, 5.41) is 4.48. The lowest BCUT2D eigenvalue weighted by Gasteiger charge is -2.30. The van der Waals surface area contributed by atoms with Crippen molar-refractivity contribution in [3.05, 3.63) is 28.2 Å². The minimum atomic E-state index is -3.91. The Morgan fingerprint density at radius 1 is 1.19 bits per heavy atom. The third kappa shape index (κ3) is 3.69. The van der Waals surface area contributed by atoms with Gasteiger partial charge in [-0.3, -0.25) is 0 Å². The van der Waals surface area contributed by atoms with Crippen LogP contribution >= 0.6 is 23.2 Å². The van der Waals surface area contributed by atoms with Gasteiger partial charge in [-0.05, 0) is 31.0 Å². The summed E-state index contributed by atoms with van der Waals surface area (Å²) in [6.07, 6.45) is 0.757. The number of sulfonamides is 2. The van der Waals surface area contributed by atoms with E-state index in [1.807, 2.05) is 0 Å². The molecular weight excluding hydrogens is 359 g/mol. The Labute approximate surface area is 133 Å². The number of halogens is 2. The first kappa shape index (κ1) is 17.0. The van der Waals surface area contributed by atoms with Gasteiger partial charge in [-0.1, -0.05) is 23.2 Å². The van der Waals surface area contributed by atoms with Crippen molar-refractivity contribution >= 4 is 43.2 Å². The molecule has 2 rings (SSSR count). The summed E-state index contributed by atoms with van der Waals surface area (Å²) in [6.45, 7) is 0.0429. The fraction of sp³-hybridized carbons (Fsp3) is 0.455. The second kappa shape index (κ2) is 6.02. The van der Waals surface area contributed by atoms with Crippen molar-refractivity contribution in [1.29, 1.82) is 0 Å². The SMILES string of the molecule is NS(=O)(=O)C1CCCN(S(=O)(=O)c2cc(Cl)ccc2Cl)C1. The van der Waals surface area contributed by atoms with E-state index in [0.29, 0.717) is 12.8 Å². The summed E-state index contributed by atoms with van der Waals surface area (Å²) in [5.74, 6) is 0. The maximum atomic E-state index is 12.6.